The van der Waals surface area contributed by atoms with Crippen molar-refractivity contribution in [2.45, 2.75) is 0 Å². The van der Waals surface area contributed by atoms with E-state index in [1.807, 2.05) is 30.3 Å². The zero-order valence-electron chi connectivity index (χ0n) is 8.35. The van der Waals surface area contributed by atoms with Gasteiger partial charge in [-0.1, -0.05) is 30.3 Å². The van der Waals surface area contributed by atoms with E-state index in [1.165, 1.54) is 12.1 Å². The fourth-order valence-electron chi connectivity index (χ4n) is 1.38. The molecule has 2 rings (SSSR count). The summed E-state index contributed by atoms with van der Waals surface area (Å²) in [6, 6.07) is 11.9. The average molecular weight is 216 g/mol. The van der Waals surface area contributed by atoms with Gasteiger partial charge in [-0.2, -0.15) is 0 Å². The minimum absolute atomic E-state index is 0.332. The highest BCUT2D eigenvalue weighted by Crippen LogP contribution is 2.17. The standard InChI is InChI=1S/C12H9FN2O/c13-9-6-7-10(15-11(9)12(14)16)8-4-2-1-3-5-8/h1-7H,(H2,14,16). The van der Waals surface area contributed by atoms with Gasteiger partial charge in [0, 0.05) is 5.56 Å². The van der Waals surface area contributed by atoms with E-state index in [2.05, 4.69) is 4.98 Å². The van der Waals surface area contributed by atoms with E-state index in [4.69, 9.17) is 5.73 Å². The molecule has 0 saturated carbocycles. The lowest BCUT2D eigenvalue weighted by Crippen LogP contribution is -2.15. The van der Waals surface area contributed by atoms with E-state index in [1.54, 1.807) is 0 Å². The summed E-state index contributed by atoms with van der Waals surface area (Å²) in [4.78, 5) is 14.8. The minimum Gasteiger partial charge on any atom is -0.364 e. The van der Waals surface area contributed by atoms with Crippen LogP contribution in [0.5, 0.6) is 0 Å². The Bertz CT molecular complexity index is 526. The quantitative estimate of drug-likeness (QED) is 0.834. The van der Waals surface area contributed by atoms with Gasteiger partial charge in [0.05, 0.1) is 5.69 Å². The zero-order chi connectivity index (χ0) is 11.5. The number of carbonyl (C=O) groups is 1. The molecule has 2 N–H and O–H groups in total. The maximum atomic E-state index is 13.2. The summed E-state index contributed by atoms with van der Waals surface area (Å²) in [7, 11) is 0. The van der Waals surface area contributed by atoms with Gasteiger partial charge >= 0.3 is 0 Å². The lowest BCUT2D eigenvalue weighted by Gasteiger charge is -2.03. The van der Waals surface area contributed by atoms with Crippen LogP contribution in [0.2, 0.25) is 0 Å². The van der Waals surface area contributed by atoms with E-state index in [0.717, 1.165) is 5.56 Å². The molecule has 0 spiro atoms. The molecule has 0 atom stereocenters. The molecule has 0 bridgehead atoms. The molecule has 0 radical (unpaired) electrons. The zero-order valence-corrected chi connectivity index (χ0v) is 8.35. The Kier molecular flexibility index (Phi) is 2.64. The molecule has 0 aliphatic rings. The van der Waals surface area contributed by atoms with E-state index in [9.17, 15) is 9.18 Å². The van der Waals surface area contributed by atoms with Crippen LogP contribution in [-0.2, 0) is 0 Å². The lowest BCUT2D eigenvalue weighted by molar-refractivity contribution is 0.0991. The molecule has 0 aliphatic heterocycles. The number of pyridine rings is 1. The molecule has 1 aromatic carbocycles. The summed E-state index contributed by atoms with van der Waals surface area (Å²) in [6.07, 6.45) is 0. The van der Waals surface area contributed by atoms with E-state index >= 15 is 0 Å². The van der Waals surface area contributed by atoms with Crippen molar-refractivity contribution in [2.75, 3.05) is 0 Å². The van der Waals surface area contributed by atoms with Crippen LogP contribution in [0, 0.1) is 5.82 Å². The summed E-state index contributed by atoms with van der Waals surface area (Å²) in [5, 5.41) is 0. The highest BCUT2D eigenvalue weighted by atomic mass is 19.1. The van der Waals surface area contributed by atoms with Crippen molar-refractivity contribution in [3.8, 4) is 11.3 Å². The van der Waals surface area contributed by atoms with Gasteiger partial charge < -0.3 is 5.73 Å². The number of hydrogen-bond donors (Lipinski definition) is 1. The molecule has 0 fully saturated rings. The highest BCUT2D eigenvalue weighted by molar-refractivity contribution is 5.91. The molecule has 3 nitrogen and oxygen atoms in total. The van der Waals surface area contributed by atoms with Gasteiger partial charge in [-0.15, -0.1) is 0 Å². The van der Waals surface area contributed by atoms with Gasteiger partial charge in [0.2, 0.25) is 0 Å². The van der Waals surface area contributed by atoms with Crippen LogP contribution in [0.15, 0.2) is 42.5 Å². The van der Waals surface area contributed by atoms with E-state index in [-0.39, 0.29) is 5.69 Å². The van der Waals surface area contributed by atoms with Crippen LogP contribution in [0.25, 0.3) is 11.3 Å². The van der Waals surface area contributed by atoms with Crippen LogP contribution >= 0.6 is 0 Å². The molecule has 1 heterocycles. The first-order valence-corrected chi connectivity index (χ1v) is 4.70. The van der Waals surface area contributed by atoms with Gasteiger partial charge in [-0.3, -0.25) is 4.79 Å². The van der Waals surface area contributed by atoms with Crippen molar-refractivity contribution in [3.05, 3.63) is 54.0 Å². The second-order valence-electron chi connectivity index (χ2n) is 3.26. The topological polar surface area (TPSA) is 56.0 Å². The maximum absolute atomic E-state index is 13.2. The first kappa shape index (κ1) is 10.3. The second kappa shape index (κ2) is 4.10. The average Bonchev–Trinajstić information content (AvgIpc) is 2.30. The number of aromatic nitrogens is 1. The monoisotopic (exact) mass is 216 g/mol. The largest absolute Gasteiger partial charge is 0.364 e. The van der Waals surface area contributed by atoms with Crippen LogP contribution in [0.4, 0.5) is 4.39 Å². The molecule has 0 saturated heterocycles. The third-order valence-corrected chi connectivity index (χ3v) is 2.15. The Hall–Kier alpha value is -2.23. The van der Waals surface area contributed by atoms with Crippen molar-refractivity contribution >= 4 is 5.91 Å². The molecular weight excluding hydrogens is 207 g/mol. The Labute approximate surface area is 91.7 Å². The molecule has 0 unspecified atom stereocenters. The van der Waals surface area contributed by atoms with Crippen molar-refractivity contribution < 1.29 is 9.18 Å². The highest BCUT2D eigenvalue weighted by Gasteiger charge is 2.11. The van der Waals surface area contributed by atoms with Crippen molar-refractivity contribution in [1.29, 1.82) is 0 Å². The summed E-state index contributed by atoms with van der Waals surface area (Å²) in [6.45, 7) is 0. The normalized spacial score (nSPS) is 10.1. The smallest absolute Gasteiger partial charge is 0.270 e. The fourth-order valence-corrected chi connectivity index (χ4v) is 1.38. The second-order valence-corrected chi connectivity index (χ2v) is 3.26. The van der Waals surface area contributed by atoms with Crippen molar-refractivity contribution in [3.63, 3.8) is 0 Å². The summed E-state index contributed by atoms with van der Waals surface area (Å²) >= 11 is 0. The molecule has 16 heavy (non-hydrogen) atoms. The Morgan fingerprint density at radius 3 is 2.44 bits per heavy atom. The molecule has 4 heteroatoms. The molecule has 1 aromatic heterocycles. The number of carbonyl (C=O) groups excluding carboxylic acids is 1. The molecular formula is C12H9FN2O. The number of primary amides is 1. The summed E-state index contributed by atoms with van der Waals surface area (Å²) in [5.41, 5.74) is 6.02. The number of halogens is 1. The lowest BCUT2D eigenvalue weighted by atomic mass is 10.1. The molecule has 1 amide bonds. The number of rotatable bonds is 2. The molecule has 0 aliphatic carbocycles. The maximum Gasteiger partial charge on any atom is 0.270 e. The minimum atomic E-state index is -0.865. The number of hydrogen-bond acceptors (Lipinski definition) is 2. The van der Waals surface area contributed by atoms with Gasteiger partial charge in [0.25, 0.3) is 5.91 Å². The number of nitrogens with zero attached hydrogens (tertiary/aromatic N) is 1. The van der Waals surface area contributed by atoms with Crippen LogP contribution in [0.1, 0.15) is 10.5 Å². The molecule has 2 aromatic rings. The van der Waals surface area contributed by atoms with E-state index < -0.39 is 11.7 Å². The number of nitrogens with two attached hydrogens (primary N) is 1. The van der Waals surface area contributed by atoms with Gasteiger partial charge in [0.15, 0.2) is 11.5 Å². The molecule has 80 valence electrons. The third-order valence-electron chi connectivity index (χ3n) is 2.15. The van der Waals surface area contributed by atoms with Crippen LogP contribution in [-0.4, -0.2) is 10.9 Å². The van der Waals surface area contributed by atoms with Gasteiger partial charge in [-0.25, -0.2) is 9.37 Å². The Balaban J connectivity index is 2.52. The first-order chi connectivity index (χ1) is 7.68. The third kappa shape index (κ3) is 1.91. The van der Waals surface area contributed by atoms with Crippen molar-refractivity contribution in [2.24, 2.45) is 5.73 Å². The predicted molar refractivity (Wildman–Crippen MR) is 58.1 cm³/mol. The Morgan fingerprint density at radius 2 is 1.81 bits per heavy atom. The van der Waals surface area contributed by atoms with E-state index in [0.29, 0.717) is 5.69 Å². The number of amides is 1. The number of benzene rings is 1. The van der Waals surface area contributed by atoms with Crippen LogP contribution in [0.3, 0.4) is 0 Å². The fraction of sp³-hybridized carbons (Fsp3) is 0. The van der Waals surface area contributed by atoms with Crippen LogP contribution < -0.4 is 5.73 Å². The SMILES string of the molecule is NC(=O)c1nc(-c2ccccc2)ccc1F. The Morgan fingerprint density at radius 1 is 1.12 bits per heavy atom. The van der Waals surface area contributed by atoms with Gasteiger partial charge in [0.1, 0.15) is 0 Å². The summed E-state index contributed by atoms with van der Waals surface area (Å²) in [5.74, 6) is -1.57. The summed E-state index contributed by atoms with van der Waals surface area (Å²) < 4.78 is 13.2. The van der Waals surface area contributed by atoms with Crippen molar-refractivity contribution in [1.82, 2.24) is 4.98 Å². The predicted octanol–water partition coefficient (Wildman–Crippen LogP) is 1.99. The first-order valence-electron chi connectivity index (χ1n) is 4.70. The van der Waals surface area contributed by atoms with Gasteiger partial charge in [-0.05, 0) is 12.1 Å².